The molecular formula is C16H25N5O2S. The minimum atomic E-state index is -0.131. The van der Waals surface area contributed by atoms with Crippen molar-refractivity contribution in [1.82, 2.24) is 19.5 Å². The second kappa shape index (κ2) is 7.58. The summed E-state index contributed by atoms with van der Waals surface area (Å²) in [4.78, 5) is 19.5. The molecule has 1 saturated heterocycles. The molecule has 1 atom stereocenters. The molecular weight excluding hydrogens is 326 g/mol. The lowest BCUT2D eigenvalue weighted by Crippen LogP contribution is -2.47. The summed E-state index contributed by atoms with van der Waals surface area (Å²) in [6, 6.07) is 1.94. The van der Waals surface area contributed by atoms with Crippen molar-refractivity contribution in [2.24, 2.45) is 5.92 Å². The molecule has 24 heavy (non-hydrogen) atoms. The van der Waals surface area contributed by atoms with Gasteiger partial charge in [-0.25, -0.2) is 4.98 Å². The average Bonchev–Trinajstić information content (AvgIpc) is 2.95. The number of hydrogen-bond acceptors (Lipinski definition) is 7. The zero-order chi connectivity index (χ0) is 17.1. The smallest absolute Gasteiger partial charge is 0.275 e. The topological polar surface area (TPSA) is 71.8 Å². The highest BCUT2D eigenvalue weighted by atomic mass is 32.1. The summed E-state index contributed by atoms with van der Waals surface area (Å²) in [5.41, 5.74) is 0.593. The monoisotopic (exact) mass is 351 g/mol. The number of ether oxygens (including phenoxy) is 1. The molecule has 1 aliphatic heterocycles. The van der Waals surface area contributed by atoms with E-state index in [0.717, 1.165) is 50.1 Å². The summed E-state index contributed by atoms with van der Waals surface area (Å²) in [6.07, 6.45) is 1.12. The molecule has 0 aliphatic carbocycles. The van der Waals surface area contributed by atoms with Gasteiger partial charge in [0.15, 0.2) is 0 Å². The van der Waals surface area contributed by atoms with Gasteiger partial charge < -0.3 is 10.1 Å². The molecule has 0 amide bonds. The predicted molar refractivity (Wildman–Crippen MR) is 96.0 cm³/mol. The van der Waals surface area contributed by atoms with Crippen molar-refractivity contribution in [1.29, 1.82) is 0 Å². The van der Waals surface area contributed by atoms with Crippen molar-refractivity contribution in [3.05, 3.63) is 22.1 Å². The Bertz CT molecular complexity index is 736. The highest BCUT2D eigenvalue weighted by molar-refractivity contribution is 7.20. The Morgan fingerprint density at radius 1 is 1.38 bits per heavy atom. The number of anilines is 1. The first-order chi connectivity index (χ1) is 11.5. The molecule has 132 valence electrons. The summed E-state index contributed by atoms with van der Waals surface area (Å²) in [6.45, 7) is 10.7. The average molecular weight is 351 g/mol. The highest BCUT2D eigenvalue weighted by Gasteiger charge is 2.22. The van der Waals surface area contributed by atoms with Crippen LogP contribution in [-0.4, -0.2) is 58.4 Å². The van der Waals surface area contributed by atoms with Crippen molar-refractivity contribution in [3.8, 4) is 0 Å². The molecule has 7 nitrogen and oxygen atoms in total. The molecule has 0 spiro atoms. The van der Waals surface area contributed by atoms with Gasteiger partial charge in [-0.2, -0.15) is 4.52 Å². The summed E-state index contributed by atoms with van der Waals surface area (Å²) in [7, 11) is 0. The summed E-state index contributed by atoms with van der Waals surface area (Å²) in [5, 5.41) is 8.51. The van der Waals surface area contributed by atoms with E-state index in [4.69, 9.17) is 4.74 Å². The number of nitrogens with one attached hydrogen (secondary N) is 1. The number of fused-ring (bicyclic) bond motifs is 1. The van der Waals surface area contributed by atoms with E-state index in [-0.39, 0.29) is 5.56 Å². The molecule has 0 unspecified atom stereocenters. The summed E-state index contributed by atoms with van der Waals surface area (Å²) < 4.78 is 6.83. The van der Waals surface area contributed by atoms with Crippen LogP contribution in [0.5, 0.6) is 0 Å². The summed E-state index contributed by atoms with van der Waals surface area (Å²) in [5.74, 6) is 0.627. The number of hydrogen-bond donors (Lipinski definition) is 1. The van der Waals surface area contributed by atoms with Gasteiger partial charge in [0.1, 0.15) is 0 Å². The maximum atomic E-state index is 12.0. The van der Waals surface area contributed by atoms with E-state index >= 15 is 0 Å². The van der Waals surface area contributed by atoms with Crippen LogP contribution in [0.25, 0.3) is 4.96 Å². The second-order valence-corrected chi connectivity index (χ2v) is 7.61. The van der Waals surface area contributed by atoms with E-state index in [0.29, 0.717) is 16.9 Å². The van der Waals surface area contributed by atoms with Crippen molar-refractivity contribution in [3.63, 3.8) is 0 Å². The SMILES string of the molecule is Cc1cc(=O)n2nc(NC[C@@H](CC(C)C)N3CCOCC3)sc2n1. The molecule has 0 saturated carbocycles. The zero-order valence-electron chi connectivity index (χ0n) is 14.5. The van der Waals surface area contributed by atoms with Crippen molar-refractivity contribution in [2.75, 3.05) is 38.2 Å². The van der Waals surface area contributed by atoms with Gasteiger partial charge in [-0.05, 0) is 19.3 Å². The Labute approximate surface area is 145 Å². The van der Waals surface area contributed by atoms with Crippen LogP contribution in [0, 0.1) is 12.8 Å². The lowest BCUT2D eigenvalue weighted by molar-refractivity contribution is 0.0151. The quantitative estimate of drug-likeness (QED) is 0.853. The fourth-order valence-corrected chi connectivity index (χ4v) is 3.90. The number of nitrogens with zero attached hydrogens (tertiary/aromatic N) is 4. The van der Waals surface area contributed by atoms with Crippen LogP contribution >= 0.6 is 11.3 Å². The van der Waals surface area contributed by atoms with Crippen LogP contribution in [0.4, 0.5) is 5.13 Å². The van der Waals surface area contributed by atoms with Crippen LogP contribution in [0.2, 0.25) is 0 Å². The van der Waals surface area contributed by atoms with E-state index in [2.05, 4.69) is 34.1 Å². The number of rotatable bonds is 6. The second-order valence-electron chi connectivity index (χ2n) is 6.65. The minimum absolute atomic E-state index is 0.131. The van der Waals surface area contributed by atoms with Crippen LogP contribution in [0.3, 0.4) is 0 Å². The highest BCUT2D eigenvalue weighted by Crippen LogP contribution is 2.19. The van der Waals surface area contributed by atoms with Gasteiger partial charge in [0.05, 0.1) is 13.2 Å². The van der Waals surface area contributed by atoms with Crippen LogP contribution in [0.1, 0.15) is 26.0 Å². The van der Waals surface area contributed by atoms with Gasteiger partial charge in [0.25, 0.3) is 5.56 Å². The third-order valence-corrected chi connectivity index (χ3v) is 5.03. The standard InChI is InChI=1S/C16H25N5O2S/c1-11(2)8-13(20-4-6-23-7-5-20)10-17-15-19-21-14(22)9-12(3)18-16(21)24-15/h9,11,13H,4-8,10H2,1-3H3,(H,17,19)/t13-/m1/s1. The van der Waals surface area contributed by atoms with Gasteiger partial charge in [-0.1, -0.05) is 25.2 Å². The van der Waals surface area contributed by atoms with Gasteiger partial charge >= 0.3 is 0 Å². The zero-order valence-corrected chi connectivity index (χ0v) is 15.3. The lowest BCUT2D eigenvalue weighted by atomic mass is 10.0. The molecule has 0 radical (unpaired) electrons. The number of aryl methyl sites for hydroxylation is 1. The lowest BCUT2D eigenvalue weighted by Gasteiger charge is -2.35. The molecule has 1 fully saturated rings. The molecule has 2 aromatic rings. The van der Waals surface area contributed by atoms with Crippen LogP contribution < -0.4 is 10.9 Å². The molecule has 8 heteroatoms. The molecule has 3 rings (SSSR count). The molecule has 2 aromatic heterocycles. The fourth-order valence-electron chi connectivity index (χ4n) is 3.05. The molecule has 0 bridgehead atoms. The van der Waals surface area contributed by atoms with E-state index in [1.807, 2.05) is 6.92 Å². The maximum Gasteiger partial charge on any atom is 0.275 e. The van der Waals surface area contributed by atoms with Gasteiger partial charge in [-0.15, -0.1) is 5.10 Å². The Hall–Kier alpha value is -1.51. The van der Waals surface area contributed by atoms with Gasteiger partial charge in [0, 0.05) is 37.4 Å². The molecule has 1 N–H and O–H groups in total. The third kappa shape index (κ3) is 4.12. The van der Waals surface area contributed by atoms with Crippen LogP contribution in [-0.2, 0) is 4.74 Å². The van der Waals surface area contributed by atoms with Crippen LogP contribution in [0.15, 0.2) is 10.9 Å². The first kappa shape index (κ1) is 17.3. The first-order valence-electron chi connectivity index (χ1n) is 8.46. The van der Waals surface area contributed by atoms with E-state index in [9.17, 15) is 4.79 Å². The van der Waals surface area contributed by atoms with Crippen molar-refractivity contribution in [2.45, 2.75) is 33.2 Å². The molecule has 3 heterocycles. The van der Waals surface area contributed by atoms with E-state index < -0.39 is 0 Å². The molecule has 0 aromatic carbocycles. The first-order valence-corrected chi connectivity index (χ1v) is 9.28. The Balaban J connectivity index is 1.71. The fraction of sp³-hybridized carbons (Fsp3) is 0.688. The van der Waals surface area contributed by atoms with E-state index in [1.54, 1.807) is 0 Å². The Morgan fingerprint density at radius 3 is 2.83 bits per heavy atom. The number of aromatic nitrogens is 3. The van der Waals surface area contributed by atoms with E-state index in [1.165, 1.54) is 21.9 Å². The minimum Gasteiger partial charge on any atom is -0.379 e. The Morgan fingerprint density at radius 2 is 2.12 bits per heavy atom. The van der Waals surface area contributed by atoms with Crippen molar-refractivity contribution < 1.29 is 4.74 Å². The summed E-state index contributed by atoms with van der Waals surface area (Å²) >= 11 is 1.42. The molecule has 1 aliphatic rings. The number of morpholine rings is 1. The Kier molecular flexibility index (Phi) is 5.47. The normalized spacial score (nSPS) is 17.5. The third-order valence-electron chi connectivity index (χ3n) is 4.17. The predicted octanol–water partition coefficient (Wildman–Crippen LogP) is 1.62. The largest absolute Gasteiger partial charge is 0.379 e. The van der Waals surface area contributed by atoms with Gasteiger partial charge in [0.2, 0.25) is 10.1 Å². The van der Waals surface area contributed by atoms with Crippen molar-refractivity contribution >= 4 is 21.4 Å². The maximum absolute atomic E-state index is 12.0. The van der Waals surface area contributed by atoms with Gasteiger partial charge in [-0.3, -0.25) is 9.69 Å².